The molecule has 0 radical (unpaired) electrons. The fraction of sp³-hybridized carbons (Fsp3) is 0. The van der Waals surface area contributed by atoms with Gasteiger partial charge < -0.3 is 0 Å². The van der Waals surface area contributed by atoms with Crippen LogP contribution in [-0.2, 0) is 0 Å². The number of hydrogen-bond acceptors (Lipinski definition) is 2. The number of nitrogens with one attached hydrogen (secondary N) is 1. The molecule has 0 saturated heterocycles. The van der Waals surface area contributed by atoms with Crippen LogP contribution in [-0.4, -0.2) is 28.9 Å². The Morgan fingerprint density at radius 2 is 1.33 bits per heavy atom. The van der Waals surface area contributed by atoms with Gasteiger partial charge in [-0.3, -0.25) is 14.9 Å². The van der Waals surface area contributed by atoms with Crippen LogP contribution >= 0.6 is 0 Å². The molecule has 4 heteroatoms. The van der Waals surface area contributed by atoms with Gasteiger partial charge in [-0.05, 0) is 12.1 Å². The Kier molecular flexibility index (Phi) is 2.31. The molecule has 2 rings (SSSR count). The molecule has 0 spiro atoms. The molecule has 1 aliphatic heterocycles. The van der Waals surface area contributed by atoms with Gasteiger partial charge in [0.15, 0.2) is 0 Å². The average molecular weight is 228 g/mol. The molecule has 12 heavy (non-hydrogen) atoms. The molecule has 1 N–H and O–H groups in total. The Labute approximate surface area is 79.6 Å². The first-order valence-corrected chi connectivity index (χ1v) is 3.24. The van der Waals surface area contributed by atoms with Crippen LogP contribution in [0.25, 0.3) is 0 Å². The number of imide groups is 1. The van der Waals surface area contributed by atoms with Gasteiger partial charge in [0.1, 0.15) is 0 Å². The second-order valence-electron chi connectivity index (χ2n) is 2.33. The fourth-order valence-corrected chi connectivity index (χ4v) is 1.12. The van der Waals surface area contributed by atoms with Crippen molar-refractivity contribution in [1.82, 2.24) is 5.32 Å². The number of benzene rings is 1. The van der Waals surface area contributed by atoms with Crippen molar-refractivity contribution in [2.24, 2.45) is 0 Å². The van der Waals surface area contributed by atoms with Crippen molar-refractivity contribution in [3.63, 3.8) is 0 Å². The van der Waals surface area contributed by atoms with Gasteiger partial charge in [0.05, 0.1) is 11.1 Å². The maximum atomic E-state index is 10.9. The van der Waals surface area contributed by atoms with Crippen molar-refractivity contribution in [3.05, 3.63) is 35.4 Å². The summed E-state index contributed by atoms with van der Waals surface area (Å²) in [5.41, 5.74) is 0.940. The van der Waals surface area contributed by atoms with Crippen molar-refractivity contribution in [2.45, 2.75) is 0 Å². The number of carbonyl (C=O) groups excluding carboxylic acids is 2. The Hall–Kier alpha value is -1.12. The van der Waals surface area contributed by atoms with E-state index in [1.54, 1.807) is 24.3 Å². The molecule has 0 bridgehead atoms. The zero-order chi connectivity index (χ0) is 7.84. The molecule has 0 saturated carbocycles. The first-order chi connectivity index (χ1) is 5.29. The molecule has 0 aliphatic carbocycles. The van der Waals surface area contributed by atoms with Crippen molar-refractivity contribution >= 4 is 28.9 Å². The zero-order valence-electron chi connectivity index (χ0n) is 6.13. The maximum absolute atomic E-state index is 10.9. The summed E-state index contributed by atoms with van der Waals surface area (Å²) < 4.78 is 0. The van der Waals surface area contributed by atoms with Crippen LogP contribution in [0.15, 0.2) is 24.3 Å². The Morgan fingerprint density at radius 1 is 0.917 bits per heavy atom. The summed E-state index contributed by atoms with van der Waals surface area (Å²) >= 11 is 0. The minimum absolute atomic E-state index is 0. The predicted molar refractivity (Wildman–Crippen MR) is 46.8 cm³/mol. The Balaban J connectivity index is 0.000000720. The van der Waals surface area contributed by atoms with Gasteiger partial charge in [-0.2, -0.15) is 0 Å². The van der Waals surface area contributed by atoms with Gasteiger partial charge in [0.25, 0.3) is 11.8 Å². The van der Waals surface area contributed by atoms with E-state index in [0.717, 1.165) is 0 Å². The average Bonchev–Trinajstić information content (AvgIpc) is 2.30. The van der Waals surface area contributed by atoms with Crippen LogP contribution in [0.2, 0.25) is 0 Å². The Morgan fingerprint density at radius 3 is 1.75 bits per heavy atom. The number of hydrogen-bond donors (Lipinski definition) is 1. The van der Waals surface area contributed by atoms with E-state index in [1.165, 1.54) is 0 Å². The van der Waals surface area contributed by atoms with E-state index in [0.29, 0.717) is 11.1 Å². The molecule has 1 aromatic carbocycles. The molecule has 62 valence electrons. The number of carbonyl (C=O) groups is 2. The van der Waals surface area contributed by atoms with Crippen molar-refractivity contribution in [1.29, 1.82) is 0 Å². The third-order valence-corrected chi connectivity index (χ3v) is 1.64. The van der Waals surface area contributed by atoms with Crippen molar-refractivity contribution in [2.75, 3.05) is 0 Å². The molecule has 0 fully saturated rings. The molecule has 0 aromatic heterocycles. The van der Waals surface area contributed by atoms with Crippen molar-refractivity contribution < 1.29 is 9.59 Å². The number of rotatable bonds is 0. The summed E-state index contributed by atoms with van der Waals surface area (Å²) in [6, 6.07) is 6.74. The number of fused-ring (bicyclic) bond motifs is 1. The molecule has 1 heterocycles. The summed E-state index contributed by atoms with van der Waals surface area (Å²) in [7, 11) is 0. The van der Waals surface area contributed by atoms with E-state index in [9.17, 15) is 9.59 Å². The van der Waals surface area contributed by atoms with E-state index >= 15 is 0 Å². The molecular weight excluding hydrogens is 221 g/mol. The van der Waals surface area contributed by atoms with E-state index in [1.807, 2.05) is 0 Å². The second kappa shape index (κ2) is 3.09. The molecular formula is C8H7NO2Se. The van der Waals surface area contributed by atoms with Crippen LogP contribution in [0.5, 0.6) is 0 Å². The van der Waals surface area contributed by atoms with Crippen LogP contribution < -0.4 is 5.32 Å². The van der Waals surface area contributed by atoms with Gasteiger partial charge in [-0.25, -0.2) is 0 Å². The predicted octanol–water partition coefficient (Wildman–Crippen LogP) is -0.346. The second-order valence-corrected chi connectivity index (χ2v) is 2.33. The van der Waals surface area contributed by atoms with Gasteiger partial charge in [-0.1, -0.05) is 12.1 Å². The summed E-state index contributed by atoms with van der Waals surface area (Å²) in [6.45, 7) is 0. The van der Waals surface area contributed by atoms with Crippen LogP contribution in [0.4, 0.5) is 0 Å². The third kappa shape index (κ3) is 1.15. The SMILES string of the molecule is O=C1NC(=O)c2ccccc21.[SeH2]. The summed E-state index contributed by atoms with van der Waals surface area (Å²) in [5.74, 6) is -0.601. The van der Waals surface area contributed by atoms with E-state index in [2.05, 4.69) is 5.32 Å². The first-order valence-electron chi connectivity index (χ1n) is 3.24. The fourth-order valence-electron chi connectivity index (χ4n) is 1.12. The van der Waals surface area contributed by atoms with Crippen molar-refractivity contribution in [3.8, 4) is 0 Å². The molecule has 0 unspecified atom stereocenters. The number of amides is 2. The molecule has 2 amide bonds. The summed E-state index contributed by atoms with van der Waals surface area (Å²) in [4.78, 5) is 21.9. The summed E-state index contributed by atoms with van der Waals surface area (Å²) in [6.07, 6.45) is 0. The van der Waals surface area contributed by atoms with Gasteiger partial charge in [0.2, 0.25) is 0 Å². The van der Waals surface area contributed by atoms with E-state index in [-0.39, 0.29) is 28.9 Å². The van der Waals surface area contributed by atoms with Crippen LogP contribution in [0, 0.1) is 0 Å². The van der Waals surface area contributed by atoms with Gasteiger partial charge in [-0.15, -0.1) is 0 Å². The quantitative estimate of drug-likeness (QED) is 0.487. The van der Waals surface area contributed by atoms with Gasteiger partial charge in [0, 0.05) is 0 Å². The Bertz CT molecular complexity index is 316. The topological polar surface area (TPSA) is 46.2 Å². The van der Waals surface area contributed by atoms with E-state index < -0.39 is 0 Å². The summed E-state index contributed by atoms with van der Waals surface area (Å²) in [5, 5.41) is 2.20. The zero-order valence-corrected chi connectivity index (χ0v) is 8.22. The molecule has 1 aromatic rings. The monoisotopic (exact) mass is 229 g/mol. The van der Waals surface area contributed by atoms with E-state index in [4.69, 9.17) is 0 Å². The van der Waals surface area contributed by atoms with Gasteiger partial charge >= 0.3 is 17.1 Å². The third-order valence-electron chi connectivity index (χ3n) is 1.64. The molecule has 1 aliphatic rings. The van der Waals surface area contributed by atoms with Crippen LogP contribution in [0.3, 0.4) is 0 Å². The molecule has 3 nitrogen and oxygen atoms in total. The normalized spacial score (nSPS) is 13.3. The minimum atomic E-state index is -0.300. The standard InChI is InChI=1S/C8H5NO2.H2Se/c10-7-5-3-1-2-4-6(5)8(11)9-7;/h1-4H,(H,9,10,11);1H2. The first kappa shape index (κ1) is 8.97. The molecule has 0 atom stereocenters. The van der Waals surface area contributed by atoms with Crippen LogP contribution in [0.1, 0.15) is 20.7 Å².